The summed E-state index contributed by atoms with van der Waals surface area (Å²) in [4.78, 5) is 22.7. The first kappa shape index (κ1) is 16.9. The smallest absolute Gasteiger partial charge is 0.407 e. The van der Waals surface area contributed by atoms with E-state index in [4.69, 9.17) is 9.47 Å². The molecule has 5 heteroatoms. The fourth-order valence-corrected chi connectivity index (χ4v) is 1.54. The number of ketones is 1. The number of hydrogen-bond donors (Lipinski definition) is 1. The lowest BCUT2D eigenvalue weighted by Gasteiger charge is -2.23. The van der Waals surface area contributed by atoms with E-state index in [1.807, 2.05) is 13.8 Å². The normalized spacial score (nSPS) is 17.1. The average molecular weight is 259 g/mol. The van der Waals surface area contributed by atoms with Gasteiger partial charge in [0.25, 0.3) is 0 Å². The van der Waals surface area contributed by atoms with Crippen LogP contribution in [0.4, 0.5) is 4.79 Å². The van der Waals surface area contributed by atoms with Crippen molar-refractivity contribution in [2.45, 2.75) is 59.1 Å². The highest BCUT2D eigenvalue weighted by atomic mass is 16.6. The Hall–Kier alpha value is -1.10. The third kappa shape index (κ3) is 6.59. The first-order valence-electron chi connectivity index (χ1n) is 6.71. The Bertz CT molecular complexity index is 249. The number of carbonyl (C=O) groups excluding carboxylic acids is 2. The Morgan fingerprint density at radius 1 is 1.33 bits per heavy atom. The Balaban J connectivity index is 0.00000137. The molecule has 1 fully saturated rings. The standard InChI is InChI=1S/C11H19NO4.C2H6/c1-3-10(13)8(2)12-11(14)16-9-4-6-15-7-5-9;1-2/h8-9H,3-7H2,1-2H3,(H,12,14);1-2H3. The third-order valence-corrected chi connectivity index (χ3v) is 2.61. The van der Waals surface area contributed by atoms with Gasteiger partial charge in [0.1, 0.15) is 6.10 Å². The van der Waals surface area contributed by atoms with Crippen molar-refractivity contribution in [2.24, 2.45) is 0 Å². The Morgan fingerprint density at radius 2 is 1.89 bits per heavy atom. The van der Waals surface area contributed by atoms with E-state index in [-0.39, 0.29) is 11.9 Å². The van der Waals surface area contributed by atoms with Crippen molar-refractivity contribution < 1.29 is 19.1 Å². The number of nitrogens with one attached hydrogen (secondary N) is 1. The molecule has 5 nitrogen and oxygen atoms in total. The Morgan fingerprint density at radius 3 is 2.39 bits per heavy atom. The van der Waals surface area contributed by atoms with E-state index >= 15 is 0 Å². The van der Waals surface area contributed by atoms with Crippen LogP contribution in [-0.4, -0.2) is 37.2 Å². The van der Waals surface area contributed by atoms with Crippen molar-refractivity contribution in [1.29, 1.82) is 0 Å². The van der Waals surface area contributed by atoms with Gasteiger partial charge in [-0.1, -0.05) is 20.8 Å². The minimum Gasteiger partial charge on any atom is -0.446 e. The first-order valence-corrected chi connectivity index (χ1v) is 6.71. The van der Waals surface area contributed by atoms with Crippen LogP contribution in [0.5, 0.6) is 0 Å². The molecular formula is C13H25NO4. The average Bonchev–Trinajstić information content (AvgIpc) is 2.41. The fraction of sp³-hybridized carbons (Fsp3) is 0.846. The molecule has 0 aliphatic carbocycles. The molecule has 0 saturated carbocycles. The summed E-state index contributed by atoms with van der Waals surface area (Å²) in [5.41, 5.74) is 0. The van der Waals surface area contributed by atoms with Crippen molar-refractivity contribution >= 4 is 11.9 Å². The summed E-state index contributed by atoms with van der Waals surface area (Å²) in [6.45, 7) is 8.68. The van der Waals surface area contributed by atoms with Crippen LogP contribution in [0.25, 0.3) is 0 Å². The molecule has 18 heavy (non-hydrogen) atoms. The van der Waals surface area contributed by atoms with E-state index in [9.17, 15) is 9.59 Å². The molecule has 1 heterocycles. The monoisotopic (exact) mass is 259 g/mol. The molecule has 1 aliphatic heterocycles. The number of ether oxygens (including phenoxy) is 2. The molecule has 1 aliphatic rings. The van der Waals surface area contributed by atoms with Gasteiger partial charge in [-0.05, 0) is 6.92 Å². The van der Waals surface area contributed by atoms with Crippen LogP contribution in [-0.2, 0) is 14.3 Å². The van der Waals surface area contributed by atoms with Crippen LogP contribution >= 0.6 is 0 Å². The van der Waals surface area contributed by atoms with E-state index < -0.39 is 12.1 Å². The van der Waals surface area contributed by atoms with Gasteiger partial charge in [0.2, 0.25) is 0 Å². The molecule has 106 valence electrons. The van der Waals surface area contributed by atoms with Gasteiger partial charge in [0, 0.05) is 19.3 Å². The SMILES string of the molecule is CC.CCC(=O)C(C)NC(=O)OC1CCOCC1. The molecule has 0 bridgehead atoms. The maximum atomic E-state index is 11.4. The van der Waals surface area contributed by atoms with Crippen molar-refractivity contribution in [2.75, 3.05) is 13.2 Å². The van der Waals surface area contributed by atoms with E-state index in [1.54, 1.807) is 13.8 Å². The summed E-state index contributed by atoms with van der Waals surface area (Å²) in [6.07, 6.45) is 1.27. The minimum atomic E-state index is -0.513. The lowest BCUT2D eigenvalue weighted by Crippen LogP contribution is -2.40. The molecule has 1 rings (SSSR count). The summed E-state index contributed by atoms with van der Waals surface area (Å²) >= 11 is 0. The quantitative estimate of drug-likeness (QED) is 0.841. The predicted octanol–water partition coefficient (Wildman–Crippen LogP) is 2.29. The predicted molar refractivity (Wildman–Crippen MR) is 69.6 cm³/mol. The molecule has 0 aromatic heterocycles. The zero-order chi connectivity index (χ0) is 14.0. The number of rotatable bonds is 4. The second-order valence-corrected chi connectivity index (χ2v) is 3.90. The van der Waals surface area contributed by atoms with E-state index in [0.717, 1.165) is 12.8 Å². The molecule has 0 radical (unpaired) electrons. The number of amides is 1. The van der Waals surface area contributed by atoms with Crippen LogP contribution in [0.1, 0.15) is 47.0 Å². The molecule has 1 atom stereocenters. The van der Waals surface area contributed by atoms with Gasteiger partial charge in [-0.25, -0.2) is 4.79 Å². The van der Waals surface area contributed by atoms with Crippen LogP contribution in [0.2, 0.25) is 0 Å². The summed E-state index contributed by atoms with van der Waals surface area (Å²) in [5.74, 6) is 0.00364. The third-order valence-electron chi connectivity index (χ3n) is 2.61. The molecule has 0 aromatic carbocycles. The van der Waals surface area contributed by atoms with Crippen molar-refractivity contribution in [1.82, 2.24) is 5.32 Å². The minimum absolute atomic E-state index is 0.00364. The lowest BCUT2D eigenvalue weighted by molar-refractivity contribution is -0.120. The van der Waals surface area contributed by atoms with Gasteiger partial charge >= 0.3 is 6.09 Å². The van der Waals surface area contributed by atoms with E-state index in [0.29, 0.717) is 19.6 Å². The van der Waals surface area contributed by atoms with Crippen molar-refractivity contribution in [3.63, 3.8) is 0 Å². The fourth-order valence-electron chi connectivity index (χ4n) is 1.54. The number of carbonyl (C=O) groups is 2. The summed E-state index contributed by atoms with van der Waals surface area (Å²) < 4.78 is 10.3. The highest BCUT2D eigenvalue weighted by Gasteiger charge is 2.20. The number of alkyl carbamates (subject to hydrolysis) is 1. The van der Waals surface area contributed by atoms with Crippen LogP contribution < -0.4 is 5.32 Å². The molecule has 1 amide bonds. The van der Waals surface area contributed by atoms with Gasteiger partial charge in [-0.15, -0.1) is 0 Å². The van der Waals surface area contributed by atoms with Crippen molar-refractivity contribution in [3.05, 3.63) is 0 Å². The largest absolute Gasteiger partial charge is 0.446 e. The number of Topliss-reactive ketones (excluding diaryl/α,β-unsaturated/α-hetero) is 1. The highest BCUT2D eigenvalue weighted by Crippen LogP contribution is 2.10. The molecule has 0 spiro atoms. The summed E-state index contributed by atoms with van der Waals surface area (Å²) in [6, 6.07) is -0.475. The van der Waals surface area contributed by atoms with Gasteiger partial charge < -0.3 is 14.8 Å². The molecule has 1 saturated heterocycles. The topological polar surface area (TPSA) is 64.6 Å². The van der Waals surface area contributed by atoms with E-state index in [2.05, 4.69) is 5.32 Å². The summed E-state index contributed by atoms with van der Waals surface area (Å²) in [5, 5.41) is 2.53. The van der Waals surface area contributed by atoms with Gasteiger partial charge in [-0.3, -0.25) is 4.79 Å². The van der Waals surface area contributed by atoms with Gasteiger partial charge in [0.15, 0.2) is 5.78 Å². The molecule has 1 N–H and O–H groups in total. The van der Waals surface area contributed by atoms with Crippen LogP contribution in [0.3, 0.4) is 0 Å². The van der Waals surface area contributed by atoms with Crippen LogP contribution in [0.15, 0.2) is 0 Å². The van der Waals surface area contributed by atoms with Crippen molar-refractivity contribution in [3.8, 4) is 0 Å². The molecule has 0 aromatic rings. The lowest BCUT2D eigenvalue weighted by atomic mass is 10.1. The molecular weight excluding hydrogens is 234 g/mol. The Labute approximate surface area is 109 Å². The second kappa shape index (κ2) is 9.88. The highest BCUT2D eigenvalue weighted by molar-refractivity contribution is 5.86. The molecule has 1 unspecified atom stereocenters. The van der Waals surface area contributed by atoms with Gasteiger partial charge in [0.05, 0.1) is 19.3 Å². The maximum Gasteiger partial charge on any atom is 0.407 e. The van der Waals surface area contributed by atoms with E-state index in [1.165, 1.54) is 0 Å². The zero-order valence-corrected chi connectivity index (χ0v) is 11.8. The number of hydrogen-bond acceptors (Lipinski definition) is 4. The summed E-state index contributed by atoms with van der Waals surface area (Å²) in [7, 11) is 0. The first-order chi connectivity index (χ1) is 8.63. The van der Waals surface area contributed by atoms with Crippen LogP contribution in [0, 0.1) is 0 Å². The Kier molecular flexibility index (Phi) is 9.28. The second-order valence-electron chi connectivity index (χ2n) is 3.90. The maximum absolute atomic E-state index is 11.4. The van der Waals surface area contributed by atoms with Gasteiger partial charge in [-0.2, -0.15) is 0 Å². The zero-order valence-electron chi connectivity index (χ0n) is 11.8.